The van der Waals surface area contributed by atoms with Gasteiger partial charge in [-0.25, -0.2) is 0 Å². The topological polar surface area (TPSA) is 29.5 Å². The van der Waals surface area contributed by atoms with E-state index in [9.17, 15) is 4.79 Å². The molecule has 24 heavy (non-hydrogen) atoms. The van der Waals surface area contributed by atoms with Crippen LogP contribution in [0.1, 0.15) is 48.8 Å². The van der Waals surface area contributed by atoms with Gasteiger partial charge in [0.25, 0.3) is 0 Å². The van der Waals surface area contributed by atoms with Gasteiger partial charge in [0.15, 0.2) is 11.9 Å². The van der Waals surface area contributed by atoms with Crippen molar-refractivity contribution in [2.45, 2.75) is 63.0 Å². The van der Waals surface area contributed by atoms with E-state index in [1.54, 1.807) is 0 Å². The van der Waals surface area contributed by atoms with Crippen molar-refractivity contribution in [1.29, 1.82) is 0 Å². The Kier molecular flexibility index (Phi) is 2.56. The molecule has 0 amide bonds. The number of hydrogen-bond acceptors (Lipinski definition) is 3. The second-order valence-electron chi connectivity index (χ2n) is 8.86. The van der Waals surface area contributed by atoms with Crippen LogP contribution in [0.25, 0.3) is 0 Å². The van der Waals surface area contributed by atoms with Crippen molar-refractivity contribution < 1.29 is 9.53 Å². The summed E-state index contributed by atoms with van der Waals surface area (Å²) in [5.41, 5.74) is 4.11. The number of nitrogens with zero attached hydrogens (tertiary/aromatic N) is 1. The monoisotopic (exact) mass is 323 g/mol. The van der Waals surface area contributed by atoms with E-state index >= 15 is 0 Å². The van der Waals surface area contributed by atoms with Gasteiger partial charge in [-0.1, -0.05) is 12.1 Å². The van der Waals surface area contributed by atoms with E-state index in [4.69, 9.17) is 4.74 Å². The fraction of sp³-hybridized carbons (Fsp3) is 0.667. The summed E-state index contributed by atoms with van der Waals surface area (Å²) in [6, 6.07) is 5.15. The molecular weight excluding hydrogens is 298 g/mol. The lowest BCUT2D eigenvalue weighted by atomic mass is 9.51. The summed E-state index contributed by atoms with van der Waals surface area (Å²) in [7, 11) is 0. The van der Waals surface area contributed by atoms with Crippen molar-refractivity contribution >= 4 is 5.78 Å². The number of piperidine rings is 1. The molecular formula is C21H25NO2. The highest BCUT2D eigenvalue weighted by atomic mass is 16.5. The van der Waals surface area contributed by atoms with Crippen molar-refractivity contribution in [3.05, 3.63) is 28.8 Å². The number of benzene rings is 1. The standard InChI is InChI=1S/C21H25NO2/c1-12-2-5-14-10-16-15-6-7-17(23)20-21(15,18(14)19(12)24-20)8-9-22(16)11-13-3-4-13/h2,5,13,15-16,20H,3-4,6-11H2,1H3/t15-,16+,20?,21?/m1/s1. The van der Waals surface area contributed by atoms with E-state index in [0.29, 0.717) is 24.2 Å². The molecule has 3 aliphatic carbocycles. The molecule has 6 rings (SSSR count). The van der Waals surface area contributed by atoms with E-state index in [-0.39, 0.29) is 11.5 Å². The van der Waals surface area contributed by atoms with E-state index in [1.807, 2.05) is 0 Å². The Hall–Kier alpha value is -1.35. The summed E-state index contributed by atoms with van der Waals surface area (Å²) in [6.45, 7) is 4.57. The van der Waals surface area contributed by atoms with Crippen LogP contribution in [-0.4, -0.2) is 35.9 Å². The molecule has 0 radical (unpaired) electrons. The first kappa shape index (κ1) is 13.9. The molecule has 3 nitrogen and oxygen atoms in total. The molecule has 2 unspecified atom stereocenters. The lowest BCUT2D eigenvalue weighted by Gasteiger charge is -2.57. The highest BCUT2D eigenvalue weighted by Crippen LogP contribution is 2.62. The van der Waals surface area contributed by atoms with Crippen LogP contribution in [0.2, 0.25) is 0 Å². The Bertz CT molecular complexity index is 752. The van der Waals surface area contributed by atoms with Crippen LogP contribution in [0, 0.1) is 18.8 Å². The molecule has 1 spiro atoms. The normalized spacial score (nSPS) is 39.5. The van der Waals surface area contributed by atoms with Gasteiger partial charge < -0.3 is 4.74 Å². The molecule has 0 aromatic heterocycles. The maximum absolute atomic E-state index is 12.8. The average molecular weight is 323 g/mol. The van der Waals surface area contributed by atoms with Crippen molar-refractivity contribution in [3.63, 3.8) is 0 Å². The van der Waals surface area contributed by atoms with Gasteiger partial charge in [0.05, 0.1) is 0 Å². The second kappa shape index (κ2) is 4.43. The summed E-state index contributed by atoms with van der Waals surface area (Å²) in [6.07, 6.45) is 6.70. The predicted octanol–water partition coefficient (Wildman–Crippen LogP) is 3.01. The lowest BCUT2D eigenvalue weighted by Crippen LogP contribution is -2.66. The van der Waals surface area contributed by atoms with Gasteiger partial charge in [-0.2, -0.15) is 0 Å². The van der Waals surface area contributed by atoms with Gasteiger partial charge in [0, 0.05) is 30.0 Å². The number of likely N-dealkylation sites (tertiary alicyclic amines) is 1. The van der Waals surface area contributed by atoms with Crippen molar-refractivity contribution in [2.75, 3.05) is 13.1 Å². The van der Waals surface area contributed by atoms with Gasteiger partial charge in [-0.05, 0) is 68.5 Å². The second-order valence-corrected chi connectivity index (χ2v) is 8.86. The van der Waals surface area contributed by atoms with Crippen LogP contribution in [-0.2, 0) is 16.6 Å². The smallest absolute Gasteiger partial charge is 0.174 e. The van der Waals surface area contributed by atoms with Crippen molar-refractivity contribution in [3.8, 4) is 5.75 Å². The van der Waals surface area contributed by atoms with Crippen LogP contribution in [0.4, 0.5) is 0 Å². The molecule has 0 N–H and O–H groups in total. The first-order valence-electron chi connectivity index (χ1n) is 9.75. The SMILES string of the molecule is Cc1ccc2c3c1OC1C(=O)CC[C@@H]4[C@H](C2)N(CC2CC2)CCC314. The lowest BCUT2D eigenvalue weighted by molar-refractivity contribution is -0.138. The summed E-state index contributed by atoms with van der Waals surface area (Å²) in [5, 5.41) is 0. The molecule has 2 aliphatic heterocycles. The first-order chi connectivity index (χ1) is 11.7. The average Bonchev–Trinajstić information content (AvgIpc) is 3.32. The number of aryl methyl sites for hydroxylation is 1. The maximum atomic E-state index is 12.8. The maximum Gasteiger partial charge on any atom is 0.174 e. The van der Waals surface area contributed by atoms with Gasteiger partial charge in [0.2, 0.25) is 0 Å². The largest absolute Gasteiger partial charge is 0.481 e. The third-order valence-electron chi connectivity index (χ3n) is 7.63. The minimum Gasteiger partial charge on any atom is -0.481 e. The summed E-state index contributed by atoms with van der Waals surface area (Å²) >= 11 is 0. The van der Waals surface area contributed by atoms with Crippen LogP contribution >= 0.6 is 0 Å². The van der Waals surface area contributed by atoms with E-state index in [1.165, 1.54) is 36.1 Å². The zero-order valence-corrected chi connectivity index (χ0v) is 14.4. The predicted molar refractivity (Wildman–Crippen MR) is 91.4 cm³/mol. The van der Waals surface area contributed by atoms with E-state index < -0.39 is 0 Å². The van der Waals surface area contributed by atoms with Crippen molar-refractivity contribution in [2.24, 2.45) is 11.8 Å². The Morgan fingerprint density at radius 3 is 3.00 bits per heavy atom. The molecule has 1 aromatic rings. The third kappa shape index (κ3) is 1.55. The molecule has 2 bridgehead atoms. The fourth-order valence-electron chi connectivity index (χ4n) is 6.41. The summed E-state index contributed by atoms with van der Waals surface area (Å²) in [5.74, 6) is 2.97. The number of ketones is 1. The molecule has 2 saturated carbocycles. The molecule has 4 atom stereocenters. The van der Waals surface area contributed by atoms with E-state index in [2.05, 4.69) is 24.0 Å². The molecule has 1 aromatic carbocycles. The zero-order valence-electron chi connectivity index (χ0n) is 14.4. The fourth-order valence-corrected chi connectivity index (χ4v) is 6.41. The number of rotatable bonds is 2. The summed E-state index contributed by atoms with van der Waals surface area (Å²) in [4.78, 5) is 15.5. The quantitative estimate of drug-likeness (QED) is 0.838. The minimum absolute atomic E-state index is 0.00497. The van der Waals surface area contributed by atoms with Gasteiger partial charge in [-0.15, -0.1) is 0 Å². The number of ether oxygens (including phenoxy) is 1. The highest BCUT2D eigenvalue weighted by Gasteiger charge is 2.65. The Morgan fingerprint density at radius 1 is 1.29 bits per heavy atom. The summed E-state index contributed by atoms with van der Waals surface area (Å²) < 4.78 is 6.38. The molecule has 126 valence electrons. The molecule has 3 heteroatoms. The Balaban J connectivity index is 1.53. The number of carbonyl (C=O) groups excluding carboxylic acids is 1. The minimum atomic E-state index is -0.197. The first-order valence-corrected chi connectivity index (χ1v) is 9.75. The van der Waals surface area contributed by atoms with Crippen LogP contribution in [0.5, 0.6) is 5.75 Å². The van der Waals surface area contributed by atoms with Crippen LogP contribution in [0.3, 0.4) is 0 Å². The molecule has 3 fully saturated rings. The van der Waals surface area contributed by atoms with E-state index in [0.717, 1.165) is 37.5 Å². The Labute approximate surface area is 143 Å². The van der Waals surface area contributed by atoms with Gasteiger partial charge >= 0.3 is 0 Å². The van der Waals surface area contributed by atoms with Gasteiger partial charge in [-0.3, -0.25) is 9.69 Å². The van der Waals surface area contributed by atoms with Gasteiger partial charge in [0.1, 0.15) is 5.75 Å². The van der Waals surface area contributed by atoms with Crippen LogP contribution < -0.4 is 4.74 Å². The number of hydrogen-bond donors (Lipinski definition) is 0. The number of carbonyl (C=O) groups is 1. The molecule has 2 heterocycles. The highest BCUT2D eigenvalue weighted by molar-refractivity contribution is 5.89. The Morgan fingerprint density at radius 2 is 2.17 bits per heavy atom. The molecule has 1 saturated heterocycles. The van der Waals surface area contributed by atoms with Crippen molar-refractivity contribution in [1.82, 2.24) is 4.90 Å². The zero-order chi connectivity index (χ0) is 16.1. The number of Topliss-reactive ketones (excluding diaryl/α,β-unsaturated/α-hetero) is 1. The van der Waals surface area contributed by atoms with Crippen LogP contribution in [0.15, 0.2) is 12.1 Å². The molecule has 5 aliphatic rings. The third-order valence-corrected chi connectivity index (χ3v) is 7.63.